The summed E-state index contributed by atoms with van der Waals surface area (Å²) in [6, 6.07) is 9.86. The molecule has 0 aromatic heterocycles. The SMILES string of the molecule is COCCCOC(CC(=N)N)c1ccccc1. The molecular formula is C13H20N2O2. The predicted octanol–water partition coefficient (Wildman–Crippen LogP) is 2.11. The fraction of sp³-hybridized carbons (Fsp3) is 0.462. The van der Waals surface area contributed by atoms with Crippen molar-refractivity contribution >= 4 is 5.84 Å². The average Bonchev–Trinajstić information content (AvgIpc) is 2.34. The van der Waals surface area contributed by atoms with Crippen LogP contribution in [0.5, 0.6) is 0 Å². The number of ether oxygens (including phenoxy) is 2. The zero-order valence-corrected chi connectivity index (χ0v) is 10.2. The highest BCUT2D eigenvalue weighted by atomic mass is 16.5. The predicted molar refractivity (Wildman–Crippen MR) is 68.2 cm³/mol. The van der Waals surface area contributed by atoms with Crippen LogP contribution in [-0.2, 0) is 9.47 Å². The summed E-state index contributed by atoms with van der Waals surface area (Å²) in [5.74, 6) is 0.144. The summed E-state index contributed by atoms with van der Waals surface area (Å²) in [5, 5.41) is 7.36. The molecule has 0 bridgehead atoms. The number of rotatable bonds is 8. The summed E-state index contributed by atoms with van der Waals surface area (Å²) in [6.45, 7) is 1.29. The van der Waals surface area contributed by atoms with Crippen molar-refractivity contribution in [3.63, 3.8) is 0 Å². The Morgan fingerprint density at radius 1 is 1.29 bits per heavy atom. The van der Waals surface area contributed by atoms with E-state index in [-0.39, 0.29) is 11.9 Å². The van der Waals surface area contributed by atoms with Crippen molar-refractivity contribution < 1.29 is 9.47 Å². The summed E-state index contributed by atoms with van der Waals surface area (Å²) in [7, 11) is 1.67. The lowest BCUT2D eigenvalue weighted by Crippen LogP contribution is -2.17. The Hall–Kier alpha value is -1.39. The fourth-order valence-corrected chi connectivity index (χ4v) is 1.57. The van der Waals surface area contributed by atoms with Crippen LogP contribution in [0.1, 0.15) is 24.5 Å². The Kier molecular flexibility index (Phi) is 6.29. The number of nitrogens with one attached hydrogen (secondary N) is 1. The van der Waals surface area contributed by atoms with Crippen molar-refractivity contribution in [1.29, 1.82) is 5.41 Å². The monoisotopic (exact) mass is 236 g/mol. The van der Waals surface area contributed by atoms with Crippen molar-refractivity contribution in [1.82, 2.24) is 0 Å². The Balaban J connectivity index is 2.52. The van der Waals surface area contributed by atoms with Crippen LogP contribution in [0, 0.1) is 5.41 Å². The van der Waals surface area contributed by atoms with Gasteiger partial charge in [0, 0.05) is 26.7 Å². The molecule has 0 saturated carbocycles. The number of nitrogens with two attached hydrogens (primary N) is 1. The van der Waals surface area contributed by atoms with E-state index >= 15 is 0 Å². The van der Waals surface area contributed by atoms with Crippen molar-refractivity contribution in [3.05, 3.63) is 35.9 Å². The van der Waals surface area contributed by atoms with Gasteiger partial charge in [-0.25, -0.2) is 0 Å². The van der Waals surface area contributed by atoms with E-state index in [1.807, 2.05) is 30.3 Å². The second-order valence-electron chi connectivity index (χ2n) is 3.85. The maximum absolute atomic E-state index is 7.36. The first-order valence-electron chi connectivity index (χ1n) is 5.72. The van der Waals surface area contributed by atoms with Crippen molar-refractivity contribution in [3.8, 4) is 0 Å². The van der Waals surface area contributed by atoms with Crippen LogP contribution in [0.3, 0.4) is 0 Å². The molecule has 0 fully saturated rings. The highest BCUT2D eigenvalue weighted by Crippen LogP contribution is 2.20. The van der Waals surface area contributed by atoms with Gasteiger partial charge >= 0.3 is 0 Å². The minimum absolute atomic E-state index is 0.134. The molecule has 1 aromatic carbocycles. The lowest BCUT2D eigenvalue weighted by Gasteiger charge is -2.17. The summed E-state index contributed by atoms with van der Waals surface area (Å²) in [6.07, 6.45) is 1.14. The van der Waals surface area contributed by atoms with Crippen molar-refractivity contribution in [2.75, 3.05) is 20.3 Å². The molecular weight excluding hydrogens is 216 g/mol. The number of amidine groups is 1. The van der Waals surface area contributed by atoms with E-state index in [0.29, 0.717) is 19.6 Å². The molecule has 0 heterocycles. The van der Waals surface area contributed by atoms with Gasteiger partial charge in [-0.05, 0) is 12.0 Å². The summed E-state index contributed by atoms with van der Waals surface area (Å²) >= 11 is 0. The smallest absolute Gasteiger partial charge is 0.0934 e. The largest absolute Gasteiger partial charge is 0.388 e. The van der Waals surface area contributed by atoms with Gasteiger partial charge in [-0.15, -0.1) is 0 Å². The molecule has 1 unspecified atom stereocenters. The van der Waals surface area contributed by atoms with Gasteiger partial charge in [-0.3, -0.25) is 5.41 Å². The molecule has 94 valence electrons. The molecule has 0 radical (unpaired) electrons. The molecule has 0 spiro atoms. The molecule has 3 N–H and O–H groups in total. The lowest BCUT2D eigenvalue weighted by atomic mass is 10.1. The van der Waals surface area contributed by atoms with E-state index in [4.69, 9.17) is 20.6 Å². The van der Waals surface area contributed by atoms with E-state index in [1.165, 1.54) is 0 Å². The molecule has 0 amide bonds. The zero-order valence-electron chi connectivity index (χ0n) is 10.2. The van der Waals surface area contributed by atoms with Gasteiger partial charge in [0.1, 0.15) is 0 Å². The minimum atomic E-state index is -0.134. The van der Waals surface area contributed by atoms with Crippen LogP contribution in [0.4, 0.5) is 0 Å². The molecule has 17 heavy (non-hydrogen) atoms. The normalized spacial score (nSPS) is 12.3. The molecule has 0 aliphatic rings. The molecule has 0 aliphatic heterocycles. The van der Waals surface area contributed by atoms with E-state index in [0.717, 1.165) is 12.0 Å². The quantitative estimate of drug-likeness (QED) is 0.412. The Morgan fingerprint density at radius 3 is 2.59 bits per heavy atom. The van der Waals surface area contributed by atoms with Gasteiger partial charge in [0.25, 0.3) is 0 Å². The third-order valence-electron chi connectivity index (χ3n) is 2.39. The van der Waals surface area contributed by atoms with Crippen LogP contribution in [-0.4, -0.2) is 26.2 Å². The molecule has 4 heteroatoms. The Bertz CT molecular complexity index is 327. The molecule has 1 aromatic rings. The average molecular weight is 236 g/mol. The number of hydrogen-bond donors (Lipinski definition) is 2. The number of hydrogen-bond acceptors (Lipinski definition) is 3. The molecule has 0 aliphatic carbocycles. The van der Waals surface area contributed by atoms with Crippen LogP contribution in [0.2, 0.25) is 0 Å². The van der Waals surface area contributed by atoms with Gasteiger partial charge in [0.15, 0.2) is 0 Å². The van der Waals surface area contributed by atoms with E-state index in [9.17, 15) is 0 Å². The third-order valence-corrected chi connectivity index (χ3v) is 2.39. The topological polar surface area (TPSA) is 68.3 Å². The fourth-order valence-electron chi connectivity index (χ4n) is 1.57. The maximum Gasteiger partial charge on any atom is 0.0934 e. The molecule has 1 atom stereocenters. The maximum atomic E-state index is 7.36. The summed E-state index contributed by atoms with van der Waals surface area (Å²) in [5.41, 5.74) is 6.50. The molecule has 0 saturated heterocycles. The van der Waals surface area contributed by atoms with Gasteiger partial charge in [0.05, 0.1) is 11.9 Å². The summed E-state index contributed by atoms with van der Waals surface area (Å²) < 4.78 is 10.7. The van der Waals surface area contributed by atoms with Gasteiger partial charge in [0.2, 0.25) is 0 Å². The second kappa shape index (κ2) is 7.81. The highest BCUT2D eigenvalue weighted by Gasteiger charge is 2.12. The standard InChI is InChI=1S/C13H20N2O2/c1-16-8-5-9-17-12(10-13(14)15)11-6-3-2-4-7-11/h2-4,6-7,12H,5,8-10H2,1H3,(H3,14,15). The second-order valence-corrected chi connectivity index (χ2v) is 3.85. The van der Waals surface area contributed by atoms with Crippen LogP contribution in [0.25, 0.3) is 0 Å². The zero-order chi connectivity index (χ0) is 12.5. The Labute approximate surface area is 102 Å². The minimum Gasteiger partial charge on any atom is -0.388 e. The van der Waals surface area contributed by atoms with E-state index in [2.05, 4.69) is 0 Å². The van der Waals surface area contributed by atoms with Crippen LogP contribution >= 0.6 is 0 Å². The van der Waals surface area contributed by atoms with Gasteiger partial charge < -0.3 is 15.2 Å². The summed E-state index contributed by atoms with van der Waals surface area (Å²) in [4.78, 5) is 0. The van der Waals surface area contributed by atoms with Gasteiger partial charge in [-0.2, -0.15) is 0 Å². The first-order valence-corrected chi connectivity index (χ1v) is 5.72. The van der Waals surface area contributed by atoms with Crippen LogP contribution in [0.15, 0.2) is 30.3 Å². The first kappa shape index (κ1) is 13.7. The van der Waals surface area contributed by atoms with Gasteiger partial charge in [-0.1, -0.05) is 30.3 Å². The van der Waals surface area contributed by atoms with E-state index < -0.39 is 0 Å². The third kappa shape index (κ3) is 5.47. The van der Waals surface area contributed by atoms with E-state index in [1.54, 1.807) is 7.11 Å². The van der Waals surface area contributed by atoms with Crippen molar-refractivity contribution in [2.24, 2.45) is 5.73 Å². The lowest BCUT2D eigenvalue weighted by molar-refractivity contribution is 0.0427. The number of benzene rings is 1. The van der Waals surface area contributed by atoms with Crippen LogP contribution < -0.4 is 5.73 Å². The highest BCUT2D eigenvalue weighted by molar-refractivity contribution is 5.77. The van der Waals surface area contributed by atoms with Crippen molar-refractivity contribution in [2.45, 2.75) is 18.9 Å². The first-order chi connectivity index (χ1) is 8.24. The Morgan fingerprint density at radius 2 is 2.00 bits per heavy atom. The molecule has 4 nitrogen and oxygen atoms in total. The number of methoxy groups -OCH3 is 1. The molecule has 1 rings (SSSR count).